The minimum absolute atomic E-state index is 0.0869. The van der Waals surface area contributed by atoms with Crippen molar-refractivity contribution in [2.75, 3.05) is 13.2 Å². The van der Waals surface area contributed by atoms with Gasteiger partial charge in [-0.1, -0.05) is 0 Å². The van der Waals surface area contributed by atoms with Crippen LogP contribution in [0.5, 0.6) is 0 Å². The molecule has 2 rings (SSSR count). The number of hydrogen-bond acceptors (Lipinski definition) is 10. The van der Waals surface area contributed by atoms with Crippen LogP contribution in [0.2, 0.25) is 0 Å². The number of aromatic amines is 1. The Kier molecular flexibility index (Phi) is 8.92. The minimum Gasteiger partial charge on any atom is -0.394 e. The second-order valence-corrected chi connectivity index (χ2v) is 5.96. The minimum atomic E-state index is -1.64. The summed E-state index contributed by atoms with van der Waals surface area (Å²) in [5.74, 6) is 0. The number of aliphatic hydroxyl groups is 6. The van der Waals surface area contributed by atoms with Crippen molar-refractivity contribution in [3.63, 3.8) is 0 Å². The summed E-state index contributed by atoms with van der Waals surface area (Å²) < 4.78 is 6.54. The molecule has 0 aromatic carbocycles. The molecule has 1 aliphatic heterocycles. The number of aliphatic hydroxyl groups excluding tert-OH is 6. The molecule has 1 fully saturated rings. The highest BCUT2D eigenvalue weighted by atomic mass is 16.5. The largest absolute Gasteiger partial charge is 0.394 e. The molecule has 2 heterocycles. The smallest absolute Gasteiger partial charge is 0.330 e. The van der Waals surface area contributed by atoms with Crippen LogP contribution in [0.1, 0.15) is 18.2 Å². The van der Waals surface area contributed by atoms with Gasteiger partial charge in [-0.15, -0.1) is 0 Å². The molecule has 154 valence electrons. The Balaban J connectivity index is 0.000000314. The first-order valence-corrected chi connectivity index (χ1v) is 8.03. The zero-order valence-corrected chi connectivity index (χ0v) is 14.5. The van der Waals surface area contributed by atoms with E-state index in [9.17, 15) is 19.5 Å². The molecule has 12 nitrogen and oxygen atoms in total. The zero-order valence-electron chi connectivity index (χ0n) is 14.5. The number of rotatable bonds is 6. The molecule has 1 aromatic rings. The molecule has 1 aromatic heterocycles. The van der Waals surface area contributed by atoms with Gasteiger partial charge >= 0.3 is 5.69 Å². The second-order valence-electron chi connectivity index (χ2n) is 5.96. The first-order valence-electron chi connectivity index (χ1n) is 8.03. The molecule has 0 aliphatic carbocycles. The third-order valence-corrected chi connectivity index (χ3v) is 3.91. The maximum atomic E-state index is 11.6. The molecule has 1 saturated heterocycles. The van der Waals surface area contributed by atoms with Gasteiger partial charge in [0.15, 0.2) is 6.29 Å². The number of aromatic nitrogens is 2. The monoisotopic (exact) mass is 392 g/mol. The number of aryl methyl sites for hydroxylation is 1. The van der Waals surface area contributed by atoms with Gasteiger partial charge in [-0.05, 0) is 6.92 Å². The van der Waals surface area contributed by atoms with E-state index in [0.717, 1.165) is 0 Å². The number of aldehydes is 1. The molecule has 3 unspecified atom stereocenters. The molecule has 12 heteroatoms. The van der Waals surface area contributed by atoms with Gasteiger partial charge in [-0.25, -0.2) is 4.79 Å². The molecule has 6 atom stereocenters. The third kappa shape index (κ3) is 6.04. The van der Waals surface area contributed by atoms with Crippen LogP contribution < -0.4 is 11.2 Å². The fraction of sp³-hybridized carbons (Fsp3) is 0.667. The predicted molar refractivity (Wildman–Crippen MR) is 88.8 cm³/mol. The zero-order chi connectivity index (χ0) is 20.7. The topological polar surface area (TPSA) is 203 Å². The molecular weight excluding hydrogens is 368 g/mol. The van der Waals surface area contributed by atoms with Crippen molar-refractivity contribution in [1.82, 2.24) is 9.55 Å². The van der Waals surface area contributed by atoms with Crippen LogP contribution >= 0.6 is 0 Å². The predicted octanol–water partition coefficient (Wildman–Crippen LogP) is -4.25. The van der Waals surface area contributed by atoms with Crippen LogP contribution in [0, 0.1) is 6.92 Å². The Morgan fingerprint density at radius 2 is 1.96 bits per heavy atom. The van der Waals surface area contributed by atoms with E-state index in [1.807, 2.05) is 0 Å². The van der Waals surface area contributed by atoms with Crippen LogP contribution in [0.3, 0.4) is 0 Å². The van der Waals surface area contributed by atoms with Crippen molar-refractivity contribution in [2.24, 2.45) is 0 Å². The molecule has 0 spiro atoms. The number of nitrogens with one attached hydrogen (secondary N) is 1. The number of carbonyl (C=O) groups is 1. The lowest BCUT2D eigenvalue weighted by atomic mass is 10.1. The van der Waals surface area contributed by atoms with Gasteiger partial charge in [0.05, 0.1) is 19.3 Å². The van der Waals surface area contributed by atoms with E-state index in [-0.39, 0.29) is 19.3 Å². The Labute approximate surface area is 152 Å². The highest BCUT2D eigenvalue weighted by Gasteiger charge is 2.34. The lowest BCUT2D eigenvalue weighted by Gasteiger charge is -2.16. The summed E-state index contributed by atoms with van der Waals surface area (Å²) in [4.78, 5) is 34.7. The van der Waals surface area contributed by atoms with Gasteiger partial charge in [-0.2, -0.15) is 0 Å². The van der Waals surface area contributed by atoms with Crippen molar-refractivity contribution in [2.45, 2.75) is 50.1 Å². The Morgan fingerprint density at radius 1 is 1.33 bits per heavy atom. The van der Waals surface area contributed by atoms with E-state index in [4.69, 9.17) is 30.3 Å². The molecule has 0 radical (unpaired) electrons. The van der Waals surface area contributed by atoms with Gasteiger partial charge in [-0.3, -0.25) is 14.3 Å². The van der Waals surface area contributed by atoms with Crippen molar-refractivity contribution in [1.29, 1.82) is 0 Å². The van der Waals surface area contributed by atoms with Crippen LogP contribution in [-0.2, 0) is 9.53 Å². The van der Waals surface area contributed by atoms with Gasteiger partial charge in [0.2, 0.25) is 0 Å². The molecule has 1 aliphatic rings. The van der Waals surface area contributed by atoms with Gasteiger partial charge in [0.1, 0.15) is 30.6 Å². The second kappa shape index (κ2) is 10.4. The molecule has 0 amide bonds. The Morgan fingerprint density at radius 3 is 2.44 bits per heavy atom. The average molecular weight is 392 g/mol. The first-order chi connectivity index (χ1) is 12.7. The van der Waals surface area contributed by atoms with Crippen molar-refractivity contribution in [3.8, 4) is 0 Å². The summed E-state index contributed by atoms with van der Waals surface area (Å²) in [6, 6.07) is 0. The average Bonchev–Trinajstić information content (AvgIpc) is 3.03. The Bertz CT molecular complexity index is 717. The van der Waals surface area contributed by atoms with E-state index in [2.05, 4.69) is 4.98 Å². The lowest BCUT2D eigenvalue weighted by Crippen LogP contribution is -2.40. The number of H-pyrrole nitrogens is 1. The number of carbonyl (C=O) groups excluding carboxylic acids is 1. The fourth-order valence-electron chi connectivity index (χ4n) is 2.27. The standard InChI is InChI=1S/C10H14N2O5.C5H10O5/c1-5-3-12(10(16)11-9(5)15)8-2-6(14)7(4-13)17-8;6-1-3(8)5(10)4(9)2-7/h3,6-8,13-14H,2,4H2,1H3,(H,11,15,16);1,3-5,7-10H,2H2/t6-,7+,8+;/m0./s1. The summed E-state index contributed by atoms with van der Waals surface area (Å²) in [6.45, 7) is 0.574. The SMILES string of the molecule is Cc1cn([C@H]2C[C@H](O)[C@@H](CO)O2)c(=O)[nH]c1=O.O=CC(O)C(O)C(O)CO. The van der Waals surface area contributed by atoms with Crippen molar-refractivity contribution >= 4 is 6.29 Å². The first kappa shape index (κ1) is 23.1. The van der Waals surface area contributed by atoms with E-state index in [1.54, 1.807) is 6.92 Å². The summed E-state index contributed by atoms with van der Waals surface area (Å²) >= 11 is 0. The normalized spacial score (nSPS) is 25.2. The van der Waals surface area contributed by atoms with Crippen LogP contribution in [0.25, 0.3) is 0 Å². The number of ether oxygens (including phenoxy) is 1. The molecule has 0 saturated carbocycles. The molecule has 0 bridgehead atoms. The quantitative estimate of drug-likeness (QED) is 0.232. The Hall–Kier alpha value is -1.93. The van der Waals surface area contributed by atoms with Crippen molar-refractivity contribution in [3.05, 3.63) is 32.6 Å². The van der Waals surface area contributed by atoms with Gasteiger partial charge in [0, 0.05) is 18.2 Å². The fourth-order valence-corrected chi connectivity index (χ4v) is 2.27. The van der Waals surface area contributed by atoms with Crippen LogP contribution in [-0.4, -0.2) is 90.2 Å². The van der Waals surface area contributed by atoms with Gasteiger partial charge in [0.25, 0.3) is 5.56 Å². The molecular formula is C15H24N2O10. The van der Waals surface area contributed by atoms with Crippen LogP contribution in [0.15, 0.2) is 15.8 Å². The molecule has 7 N–H and O–H groups in total. The summed E-state index contributed by atoms with van der Waals surface area (Å²) in [6.07, 6.45) is -5.21. The maximum absolute atomic E-state index is 11.6. The summed E-state index contributed by atoms with van der Waals surface area (Å²) in [5.41, 5.74) is -0.643. The lowest BCUT2D eigenvalue weighted by molar-refractivity contribution is -0.127. The highest BCUT2D eigenvalue weighted by molar-refractivity contribution is 5.56. The maximum Gasteiger partial charge on any atom is 0.330 e. The number of nitrogens with zero attached hydrogens (tertiary/aromatic N) is 1. The summed E-state index contributed by atoms with van der Waals surface area (Å²) in [7, 11) is 0. The third-order valence-electron chi connectivity index (χ3n) is 3.91. The summed E-state index contributed by atoms with van der Waals surface area (Å²) in [5, 5.41) is 52.6. The van der Waals surface area contributed by atoms with Crippen LogP contribution in [0.4, 0.5) is 0 Å². The van der Waals surface area contributed by atoms with E-state index >= 15 is 0 Å². The van der Waals surface area contributed by atoms with E-state index < -0.39 is 54.6 Å². The van der Waals surface area contributed by atoms with E-state index in [0.29, 0.717) is 5.56 Å². The molecule has 27 heavy (non-hydrogen) atoms. The highest BCUT2D eigenvalue weighted by Crippen LogP contribution is 2.27. The van der Waals surface area contributed by atoms with Crippen molar-refractivity contribution < 1.29 is 40.2 Å². The van der Waals surface area contributed by atoms with Gasteiger partial charge < -0.3 is 40.2 Å². The van der Waals surface area contributed by atoms with E-state index in [1.165, 1.54) is 10.8 Å². The number of hydrogen-bond donors (Lipinski definition) is 7.